The largest absolute Gasteiger partial charge is 0.263 e. The third-order valence-corrected chi connectivity index (χ3v) is 5.88. The van der Waals surface area contributed by atoms with Crippen LogP contribution in [0.2, 0.25) is 10.0 Å². The molecule has 3 rings (SSSR count). The Morgan fingerprint density at radius 3 is 2.32 bits per heavy atom. The molecule has 4 nitrogen and oxygen atoms in total. The maximum atomic E-state index is 12.7. The average Bonchev–Trinajstić information content (AvgIpc) is 2.57. The first-order chi connectivity index (χ1) is 11.9. The van der Waals surface area contributed by atoms with Gasteiger partial charge in [0, 0.05) is 15.6 Å². The van der Waals surface area contributed by atoms with Crippen LogP contribution in [0.5, 0.6) is 0 Å². The summed E-state index contributed by atoms with van der Waals surface area (Å²) in [6, 6.07) is 17.0. The molecule has 0 fully saturated rings. The molecule has 0 unspecified atom stereocenters. The molecule has 25 heavy (non-hydrogen) atoms. The van der Waals surface area contributed by atoms with Crippen molar-refractivity contribution in [3.05, 3.63) is 76.3 Å². The van der Waals surface area contributed by atoms with Crippen LogP contribution in [0, 0.1) is 6.92 Å². The highest BCUT2D eigenvalue weighted by molar-refractivity contribution is 7.92. The van der Waals surface area contributed by atoms with Crippen LogP contribution in [0.15, 0.2) is 65.6 Å². The number of nitrogens with one attached hydrogen (secondary N) is 1. The van der Waals surface area contributed by atoms with E-state index < -0.39 is 10.0 Å². The molecule has 0 bridgehead atoms. The van der Waals surface area contributed by atoms with Gasteiger partial charge in [-0.05, 0) is 42.8 Å². The van der Waals surface area contributed by atoms with Gasteiger partial charge in [-0.3, -0.25) is 4.72 Å². The van der Waals surface area contributed by atoms with Gasteiger partial charge in [0.2, 0.25) is 0 Å². The van der Waals surface area contributed by atoms with Crippen LogP contribution in [-0.4, -0.2) is 13.4 Å². The van der Waals surface area contributed by atoms with Crippen molar-refractivity contribution in [3.63, 3.8) is 0 Å². The molecule has 0 saturated heterocycles. The first kappa shape index (κ1) is 17.7. The first-order valence-electron chi connectivity index (χ1n) is 7.38. The normalized spacial score (nSPS) is 11.3. The smallest absolute Gasteiger partial charge is 0.263 e. The first-order valence-corrected chi connectivity index (χ1v) is 9.62. The van der Waals surface area contributed by atoms with Crippen molar-refractivity contribution in [1.82, 2.24) is 4.98 Å². The molecule has 128 valence electrons. The van der Waals surface area contributed by atoms with E-state index in [0.717, 1.165) is 5.56 Å². The summed E-state index contributed by atoms with van der Waals surface area (Å²) in [4.78, 5) is 4.47. The summed E-state index contributed by atoms with van der Waals surface area (Å²) in [5, 5.41) is 0.932. The number of sulfonamides is 1. The third kappa shape index (κ3) is 3.79. The van der Waals surface area contributed by atoms with Gasteiger partial charge >= 0.3 is 0 Å². The third-order valence-electron chi connectivity index (χ3n) is 3.65. The second kappa shape index (κ2) is 7.04. The van der Waals surface area contributed by atoms with Gasteiger partial charge in [0.15, 0.2) is 0 Å². The zero-order valence-electron chi connectivity index (χ0n) is 13.2. The number of nitrogens with zero attached hydrogens (tertiary/aromatic N) is 1. The Bertz CT molecular complexity index is 1040. The van der Waals surface area contributed by atoms with Crippen molar-refractivity contribution in [2.45, 2.75) is 11.8 Å². The lowest BCUT2D eigenvalue weighted by Crippen LogP contribution is -2.15. The lowest BCUT2D eigenvalue weighted by Gasteiger charge is -2.12. The van der Waals surface area contributed by atoms with Gasteiger partial charge in [0.25, 0.3) is 10.0 Å². The summed E-state index contributed by atoms with van der Waals surface area (Å²) >= 11 is 12.2. The van der Waals surface area contributed by atoms with Gasteiger partial charge in [-0.2, -0.15) is 0 Å². The second-order valence-electron chi connectivity index (χ2n) is 5.36. The van der Waals surface area contributed by atoms with Crippen LogP contribution in [0.1, 0.15) is 5.56 Å². The fourth-order valence-corrected chi connectivity index (χ4v) is 4.11. The molecule has 1 N–H and O–H groups in total. The van der Waals surface area contributed by atoms with Crippen molar-refractivity contribution >= 4 is 39.0 Å². The predicted molar refractivity (Wildman–Crippen MR) is 102 cm³/mol. The molecule has 0 aliphatic carbocycles. The molecule has 0 radical (unpaired) electrons. The summed E-state index contributed by atoms with van der Waals surface area (Å²) < 4.78 is 27.8. The van der Waals surface area contributed by atoms with Crippen molar-refractivity contribution < 1.29 is 8.42 Å². The van der Waals surface area contributed by atoms with E-state index in [4.69, 9.17) is 23.2 Å². The summed E-state index contributed by atoms with van der Waals surface area (Å²) in [5.74, 6) is 0.205. The van der Waals surface area contributed by atoms with Gasteiger partial charge in [-0.15, -0.1) is 0 Å². The van der Waals surface area contributed by atoms with E-state index in [9.17, 15) is 8.42 Å². The molecule has 7 heteroatoms. The van der Waals surface area contributed by atoms with Crippen molar-refractivity contribution in [3.8, 4) is 11.3 Å². The van der Waals surface area contributed by atoms with E-state index in [2.05, 4.69) is 9.71 Å². The Kier molecular flexibility index (Phi) is 4.99. The highest BCUT2D eigenvalue weighted by Crippen LogP contribution is 2.28. The van der Waals surface area contributed by atoms with Crippen LogP contribution in [-0.2, 0) is 10.0 Å². The van der Waals surface area contributed by atoms with Crippen molar-refractivity contribution in [1.29, 1.82) is 0 Å². The fourth-order valence-electron chi connectivity index (χ4n) is 2.38. The van der Waals surface area contributed by atoms with Gasteiger partial charge in [-0.1, -0.05) is 53.5 Å². The highest BCUT2D eigenvalue weighted by atomic mass is 35.5. The number of rotatable bonds is 4. The molecular weight excluding hydrogens is 379 g/mol. The molecule has 2 aromatic carbocycles. The van der Waals surface area contributed by atoms with E-state index in [1.54, 1.807) is 43.3 Å². The van der Waals surface area contributed by atoms with E-state index in [1.807, 2.05) is 18.2 Å². The monoisotopic (exact) mass is 392 g/mol. The molecule has 1 heterocycles. The number of anilines is 1. The number of hydrogen-bond acceptors (Lipinski definition) is 3. The van der Waals surface area contributed by atoms with Crippen LogP contribution in [0.3, 0.4) is 0 Å². The number of pyridine rings is 1. The molecule has 0 spiro atoms. The Morgan fingerprint density at radius 1 is 0.880 bits per heavy atom. The van der Waals surface area contributed by atoms with E-state index in [-0.39, 0.29) is 10.7 Å². The molecule has 0 atom stereocenters. The molecule has 3 aromatic rings. The lowest BCUT2D eigenvalue weighted by atomic mass is 10.1. The number of benzene rings is 2. The molecular formula is C18H14Cl2N2O2S. The lowest BCUT2D eigenvalue weighted by molar-refractivity contribution is 0.600. The summed E-state index contributed by atoms with van der Waals surface area (Å²) in [6.07, 6.45) is 0. The van der Waals surface area contributed by atoms with E-state index >= 15 is 0 Å². The van der Waals surface area contributed by atoms with E-state index in [1.165, 1.54) is 6.07 Å². The van der Waals surface area contributed by atoms with Gasteiger partial charge in [-0.25, -0.2) is 13.4 Å². The SMILES string of the molecule is Cc1c(Cl)cccc1S(=O)(=O)Nc1cccc(-c2ccccc2Cl)n1. The van der Waals surface area contributed by atoms with E-state index in [0.29, 0.717) is 21.3 Å². The number of hydrogen-bond donors (Lipinski definition) is 1. The van der Waals surface area contributed by atoms with Crippen molar-refractivity contribution in [2.75, 3.05) is 4.72 Å². The quantitative estimate of drug-likeness (QED) is 0.666. The molecule has 0 aliphatic rings. The average molecular weight is 393 g/mol. The van der Waals surface area contributed by atoms with Gasteiger partial charge < -0.3 is 0 Å². The molecule has 1 aromatic heterocycles. The number of halogens is 2. The molecule has 0 aliphatic heterocycles. The van der Waals surface area contributed by atoms with Gasteiger partial charge in [0.1, 0.15) is 5.82 Å². The Morgan fingerprint density at radius 2 is 1.56 bits per heavy atom. The zero-order valence-corrected chi connectivity index (χ0v) is 15.5. The summed E-state index contributed by atoms with van der Waals surface area (Å²) in [6.45, 7) is 1.66. The number of aromatic nitrogens is 1. The predicted octanol–water partition coefficient (Wildman–Crippen LogP) is 5.16. The van der Waals surface area contributed by atoms with Crippen LogP contribution in [0.4, 0.5) is 5.82 Å². The minimum absolute atomic E-state index is 0.116. The minimum Gasteiger partial charge on any atom is -0.263 e. The maximum absolute atomic E-state index is 12.7. The van der Waals surface area contributed by atoms with Gasteiger partial charge in [0.05, 0.1) is 10.6 Å². The van der Waals surface area contributed by atoms with Crippen LogP contribution in [0.25, 0.3) is 11.3 Å². The minimum atomic E-state index is -3.81. The summed E-state index contributed by atoms with van der Waals surface area (Å²) in [7, 11) is -3.81. The van der Waals surface area contributed by atoms with Crippen molar-refractivity contribution in [2.24, 2.45) is 0 Å². The summed E-state index contributed by atoms with van der Waals surface area (Å²) in [5.41, 5.74) is 1.79. The topological polar surface area (TPSA) is 59.1 Å². The fraction of sp³-hybridized carbons (Fsp3) is 0.0556. The van der Waals surface area contributed by atoms with Crippen LogP contribution < -0.4 is 4.72 Å². The molecule has 0 saturated carbocycles. The Hall–Kier alpha value is -2.08. The Balaban J connectivity index is 1.97. The van der Waals surface area contributed by atoms with Crippen LogP contribution >= 0.6 is 23.2 Å². The highest BCUT2D eigenvalue weighted by Gasteiger charge is 2.19. The molecule has 0 amide bonds. The second-order valence-corrected chi connectivity index (χ2v) is 7.82. The zero-order chi connectivity index (χ0) is 18.0. The maximum Gasteiger partial charge on any atom is 0.263 e. The standard InChI is InChI=1S/C18H14Cl2N2O2S/c1-12-14(19)8-4-10-17(12)25(23,24)22-18-11-5-9-16(21-18)13-6-2-3-7-15(13)20/h2-11H,1H3,(H,21,22). The Labute approximate surface area is 156 Å².